The highest BCUT2D eigenvalue weighted by Gasteiger charge is 2.34. The van der Waals surface area contributed by atoms with Crippen molar-refractivity contribution in [3.8, 4) is 0 Å². The van der Waals surface area contributed by atoms with Crippen molar-refractivity contribution in [3.63, 3.8) is 0 Å². The van der Waals surface area contributed by atoms with Crippen LogP contribution < -0.4 is 0 Å². The second-order valence-electron chi connectivity index (χ2n) is 5.01. The Balaban J connectivity index is 1.78. The SMILES string of the molecule is O=C1CC(Br)CN1C1CCc2ccccc2C1. The van der Waals surface area contributed by atoms with Gasteiger partial charge in [-0.25, -0.2) is 0 Å². The largest absolute Gasteiger partial charge is 0.338 e. The van der Waals surface area contributed by atoms with E-state index in [-0.39, 0.29) is 0 Å². The van der Waals surface area contributed by atoms with E-state index in [0.717, 1.165) is 25.8 Å². The molecule has 2 atom stereocenters. The lowest BCUT2D eigenvalue weighted by atomic mass is 9.87. The summed E-state index contributed by atoms with van der Waals surface area (Å²) in [4.78, 5) is 14.3. The predicted molar refractivity (Wildman–Crippen MR) is 71.3 cm³/mol. The van der Waals surface area contributed by atoms with Crippen molar-refractivity contribution < 1.29 is 4.79 Å². The smallest absolute Gasteiger partial charge is 0.224 e. The average Bonchev–Trinajstić information content (AvgIpc) is 2.68. The number of halogens is 1. The van der Waals surface area contributed by atoms with Crippen LogP contribution in [0.4, 0.5) is 0 Å². The van der Waals surface area contributed by atoms with Gasteiger partial charge in [-0.15, -0.1) is 0 Å². The summed E-state index contributed by atoms with van der Waals surface area (Å²) in [6, 6.07) is 9.03. The molecule has 2 nitrogen and oxygen atoms in total. The maximum atomic E-state index is 11.9. The molecule has 1 aliphatic heterocycles. The van der Waals surface area contributed by atoms with Gasteiger partial charge in [-0.2, -0.15) is 0 Å². The van der Waals surface area contributed by atoms with Gasteiger partial charge >= 0.3 is 0 Å². The molecule has 0 aromatic heterocycles. The molecule has 2 aliphatic rings. The van der Waals surface area contributed by atoms with Gasteiger partial charge in [-0.1, -0.05) is 40.2 Å². The van der Waals surface area contributed by atoms with Crippen LogP contribution in [0.1, 0.15) is 24.0 Å². The maximum absolute atomic E-state index is 11.9. The first-order chi connectivity index (χ1) is 8.24. The number of benzene rings is 1. The summed E-state index contributed by atoms with van der Waals surface area (Å²) in [5, 5.41) is 0. The molecule has 2 unspecified atom stereocenters. The van der Waals surface area contributed by atoms with Crippen LogP contribution in [-0.4, -0.2) is 28.2 Å². The summed E-state index contributed by atoms with van der Waals surface area (Å²) in [5.74, 6) is 0.316. The molecule has 90 valence electrons. The molecule has 3 heteroatoms. The first-order valence-electron chi connectivity index (χ1n) is 6.24. The summed E-state index contributed by atoms with van der Waals surface area (Å²) in [5.41, 5.74) is 2.89. The van der Waals surface area contributed by atoms with Crippen LogP contribution in [0, 0.1) is 0 Å². The quantitative estimate of drug-likeness (QED) is 0.729. The normalized spacial score (nSPS) is 28.3. The van der Waals surface area contributed by atoms with Crippen molar-refractivity contribution in [3.05, 3.63) is 35.4 Å². The molecule has 0 radical (unpaired) electrons. The van der Waals surface area contributed by atoms with E-state index in [4.69, 9.17) is 0 Å². The molecular formula is C14H16BrNO. The van der Waals surface area contributed by atoms with E-state index in [9.17, 15) is 4.79 Å². The number of aryl methyl sites for hydroxylation is 1. The molecule has 17 heavy (non-hydrogen) atoms. The Bertz CT molecular complexity index is 446. The first kappa shape index (κ1) is 11.3. The lowest BCUT2D eigenvalue weighted by Crippen LogP contribution is -2.40. The van der Waals surface area contributed by atoms with Crippen molar-refractivity contribution in [2.24, 2.45) is 0 Å². The molecule has 1 aromatic rings. The van der Waals surface area contributed by atoms with E-state index in [0.29, 0.717) is 23.2 Å². The Labute approximate surface area is 110 Å². The van der Waals surface area contributed by atoms with Crippen LogP contribution in [0.5, 0.6) is 0 Å². The van der Waals surface area contributed by atoms with Crippen LogP contribution in [0.25, 0.3) is 0 Å². The zero-order chi connectivity index (χ0) is 11.8. The van der Waals surface area contributed by atoms with Crippen molar-refractivity contribution in [1.29, 1.82) is 0 Å². The second-order valence-corrected chi connectivity index (χ2v) is 6.31. The number of hydrogen-bond donors (Lipinski definition) is 0. The number of alkyl halides is 1. The van der Waals surface area contributed by atoms with E-state index in [1.807, 2.05) is 0 Å². The van der Waals surface area contributed by atoms with Gasteiger partial charge in [-0.05, 0) is 30.4 Å². The highest BCUT2D eigenvalue weighted by Crippen LogP contribution is 2.28. The summed E-state index contributed by atoms with van der Waals surface area (Å²) >= 11 is 3.55. The highest BCUT2D eigenvalue weighted by molar-refractivity contribution is 9.09. The number of rotatable bonds is 1. The molecule has 0 spiro atoms. The van der Waals surface area contributed by atoms with Gasteiger partial charge in [0.15, 0.2) is 0 Å². The minimum absolute atomic E-state index is 0.316. The van der Waals surface area contributed by atoms with Crippen molar-refractivity contribution in [1.82, 2.24) is 4.90 Å². The molecular weight excluding hydrogens is 278 g/mol. The van der Waals surface area contributed by atoms with Gasteiger partial charge in [0, 0.05) is 23.8 Å². The summed E-state index contributed by atoms with van der Waals surface area (Å²) in [7, 11) is 0. The minimum atomic E-state index is 0.316. The zero-order valence-corrected chi connectivity index (χ0v) is 11.3. The molecule has 3 rings (SSSR count). The Morgan fingerprint density at radius 2 is 1.94 bits per heavy atom. The van der Waals surface area contributed by atoms with Crippen LogP contribution >= 0.6 is 15.9 Å². The van der Waals surface area contributed by atoms with Gasteiger partial charge in [0.25, 0.3) is 0 Å². The topological polar surface area (TPSA) is 20.3 Å². The molecule has 1 heterocycles. The van der Waals surface area contributed by atoms with Gasteiger partial charge in [0.1, 0.15) is 0 Å². The predicted octanol–water partition coefficient (Wildman–Crippen LogP) is 2.54. The van der Waals surface area contributed by atoms with Crippen LogP contribution in [0.15, 0.2) is 24.3 Å². The van der Waals surface area contributed by atoms with E-state index >= 15 is 0 Å². The lowest BCUT2D eigenvalue weighted by Gasteiger charge is -2.32. The number of carbonyl (C=O) groups excluding carboxylic acids is 1. The molecule has 1 aromatic carbocycles. The molecule has 1 amide bonds. The third kappa shape index (κ3) is 2.13. The number of fused-ring (bicyclic) bond motifs is 1. The van der Waals surface area contributed by atoms with E-state index in [1.54, 1.807) is 0 Å². The first-order valence-corrected chi connectivity index (χ1v) is 7.16. The van der Waals surface area contributed by atoms with Gasteiger partial charge in [0.2, 0.25) is 5.91 Å². The van der Waals surface area contributed by atoms with Crippen LogP contribution in [0.2, 0.25) is 0 Å². The Kier molecular flexibility index (Phi) is 2.95. The minimum Gasteiger partial charge on any atom is -0.338 e. The van der Waals surface area contributed by atoms with Gasteiger partial charge < -0.3 is 4.90 Å². The molecule has 1 aliphatic carbocycles. The van der Waals surface area contributed by atoms with E-state index in [2.05, 4.69) is 45.1 Å². The summed E-state index contributed by atoms with van der Waals surface area (Å²) < 4.78 is 0. The Hall–Kier alpha value is -0.830. The fourth-order valence-corrected chi connectivity index (χ4v) is 3.57. The van der Waals surface area contributed by atoms with E-state index in [1.165, 1.54) is 11.1 Å². The van der Waals surface area contributed by atoms with Crippen LogP contribution in [-0.2, 0) is 17.6 Å². The summed E-state index contributed by atoms with van der Waals surface area (Å²) in [6.07, 6.45) is 3.92. The van der Waals surface area contributed by atoms with Crippen molar-refractivity contribution in [2.75, 3.05) is 6.54 Å². The van der Waals surface area contributed by atoms with Crippen molar-refractivity contribution in [2.45, 2.75) is 36.6 Å². The fourth-order valence-electron chi connectivity index (χ4n) is 2.98. The molecule has 0 N–H and O–H groups in total. The second kappa shape index (κ2) is 4.45. The number of likely N-dealkylation sites (tertiary alicyclic amines) is 1. The zero-order valence-electron chi connectivity index (χ0n) is 9.73. The van der Waals surface area contributed by atoms with Crippen molar-refractivity contribution >= 4 is 21.8 Å². The summed E-state index contributed by atoms with van der Waals surface area (Å²) in [6.45, 7) is 0.881. The van der Waals surface area contributed by atoms with Gasteiger partial charge in [-0.3, -0.25) is 4.79 Å². The number of nitrogens with zero attached hydrogens (tertiary/aromatic N) is 1. The standard InChI is InChI=1S/C14H16BrNO/c15-12-8-14(17)16(9-12)13-6-5-10-3-1-2-4-11(10)7-13/h1-4,12-13H,5-9H2. The third-order valence-electron chi connectivity index (χ3n) is 3.87. The van der Waals surface area contributed by atoms with Crippen LogP contribution in [0.3, 0.4) is 0 Å². The monoisotopic (exact) mass is 293 g/mol. The molecule has 1 fully saturated rings. The third-order valence-corrected chi connectivity index (χ3v) is 4.49. The highest BCUT2D eigenvalue weighted by atomic mass is 79.9. The number of hydrogen-bond acceptors (Lipinski definition) is 1. The molecule has 0 bridgehead atoms. The average molecular weight is 294 g/mol. The molecule has 0 saturated carbocycles. The lowest BCUT2D eigenvalue weighted by molar-refractivity contribution is -0.129. The number of amides is 1. The van der Waals surface area contributed by atoms with Gasteiger partial charge in [0.05, 0.1) is 0 Å². The molecule has 1 saturated heterocycles. The van der Waals surface area contributed by atoms with E-state index < -0.39 is 0 Å². The maximum Gasteiger partial charge on any atom is 0.224 e. The Morgan fingerprint density at radius 3 is 2.65 bits per heavy atom. The fraction of sp³-hybridized carbons (Fsp3) is 0.500. The Morgan fingerprint density at radius 1 is 1.18 bits per heavy atom. The number of carbonyl (C=O) groups is 1.